The first-order valence-electron chi connectivity index (χ1n) is 13.1. The lowest BCUT2D eigenvalue weighted by atomic mass is 9.83. The van der Waals surface area contributed by atoms with Crippen LogP contribution in [-0.4, -0.2) is 82.8 Å². The summed E-state index contributed by atoms with van der Waals surface area (Å²) in [4.78, 5) is 32.9. The van der Waals surface area contributed by atoms with E-state index >= 15 is 0 Å². The molecule has 194 valence electrons. The SMILES string of the molecule is CN(C1CCC(F)(F)CC1)[C@H]1C[C@H]2C(=O)NC3(CCN(Cc4cccc(C#N)c4)CC3)CC(=O)N2C1. The van der Waals surface area contributed by atoms with Gasteiger partial charge in [0.1, 0.15) is 6.04 Å². The van der Waals surface area contributed by atoms with Crippen LogP contribution in [0.25, 0.3) is 0 Å². The third-order valence-electron chi connectivity index (χ3n) is 8.89. The Kier molecular flexibility index (Phi) is 6.77. The van der Waals surface area contributed by atoms with E-state index in [-0.39, 0.29) is 36.7 Å². The lowest BCUT2D eigenvalue weighted by Gasteiger charge is -2.41. The zero-order valence-electron chi connectivity index (χ0n) is 20.9. The second kappa shape index (κ2) is 9.71. The van der Waals surface area contributed by atoms with Gasteiger partial charge in [0.05, 0.1) is 23.6 Å². The van der Waals surface area contributed by atoms with Gasteiger partial charge in [-0.25, -0.2) is 8.78 Å². The fourth-order valence-electron chi connectivity index (χ4n) is 6.58. The van der Waals surface area contributed by atoms with Crippen LogP contribution in [0, 0.1) is 11.3 Å². The predicted molar refractivity (Wildman–Crippen MR) is 130 cm³/mol. The number of likely N-dealkylation sites (tertiary alicyclic amines) is 1. The number of rotatable bonds is 4. The van der Waals surface area contributed by atoms with Gasteiger partial charge >= 0.3 is 0 Å². The van der Waals surface area contributed by atoms with Crippen LogP contribution in [0.2, 0.25) is 0 Å². The van der Waals surface area contributed by atoms with Crippen molar-refractivity contribution in [2.24, 2.45) is 0 Å². The molecule has 0 aromatic heterocycles. The highest BCUT2D eigenvalue weighted by atomic mass is 19.3. The maximum atomic E-state index is 13.6. The highest BCUT2D eigenvalue weighted by Gasteiger charge is 2.50. The molecule has 1 aliphatic carbocycles. The van der Waals surface area contributed by atoms with E-state index in [1.165, 1.54) is 0 Å². The number of nitrogens with one attached hydrogen (secondary N) is 1. The maximum absolute atomic E-state index is 13.6. The summed E-state index contributed by atoms with van der Waals surface area (Å²) in [5.41, 5.74) is 1.22. The second-order valence-electron chi connectivity index (χ2n) is 11.2. The van der Waals surface area contributed by atoms with Crippen molar-refractivity contribution in [3.8, 4) is 6.07 Å². The molecule has 3 saturated heterocycles. The van der Waals surface area contributed by atoms with Gasteiger partial charge in [-0.3, -0.25) is 19.4 Å². The summed E-state index contributed by atoms with van der Waals surface area (Å²) in [7, 11) is 1.96. The Morgan fingerprint density at radius 3 is 2.56 bits per heavy atom. The number of hydrogen-bond acceptors (Lipinski definition) is 5. The average molecular weight is 500 g/mol. The number of halogens is 2. The van der Waals surface area contributed by atoms with E-state index in [9.17, 15) is 18.4 Å². The third kappa shape index (κ3) is 5.12. The van der Waals surface area contributed by atoms with Gasteiger partial charge in [0.15, 0.2) is 0 Å². The minimum atomic E-state index is -2.57. The van der Waals surface area contributed by atoms with Crippen LogP contribution < -0.4 is 5.32 Å². The van der Waals surface area contributed by atoms with Crippen LogP contribution in [0.5, 0.6) is 0 Å². The van der Waals surface area contributed by atoms with Crippen molar-refractivity contribution in [3.63, 3.8) is 0 Å². The quantitative estimate of drug-likeness (QED) is 0.689. The molecule has 1 aromatic rings. The number of carbonyl (C=O) groups excluding carboxylic acids is 2. The number of amides is 2. The second-order valence-corrected chi connectivity index (χ2v) is 11.2. The van der Waals surface area contributed by atoms with E-state index in [1.807, 2.05) is 25.2 Å². The molecule has 7 nitrogen and oxygen atoms in total. The van der Waals surface area contributed by atoms with Crippen LogP contribution in [0.1, 0.15) is 62.5 Å². The molecule has 0 unspecified atom stereocenters. The minimum Gasteiger partial charge on any atom is -0.348 e. The molecule has 1 N–H and O–H groups in total. The molecule has 1 spiro atoms. The highest BCUT2D eigenvalue weighted by Crippen LogP contribution is 2.38. The van der Waals surface area contributed by atoms with Gasteiger partial charge < -0.3 is 10.2 Å². The van der Waals surface area contributed by atoms with Crippen molar-refractivity contribution in [2.45, 2.75) is 87.5 Å². The topological polar surface area (TPSA) is 79.7 Å². The van der Waals surface area contributed by atoms with Gasteiger partial charge in [-0.1, -0.05) is 12.1 Å². The van der Waals surface area contributed by atoms with E-state index in [2.05, 4.69) is 21.2 Å². The summed E-state index contributed by atoms with van der Waals surface area (Å²) in [6.45, 7) is 2.76. The lowest BCUT2D eigenvalue weighted by molar-refractivity contribution is -0.135. The Hall–Kier alpha value is -2.57. The van der Waals surface area contributed by atoms with Gasteiger partial charge in [-0.2, -0.15) is 5.26 Å². The van der Waals surface area contributed by atoms with Gasteiger partial charge in [-0.15, -0.1) is 0 Å². The van der Waals surface area contributed by atoms with Crippen molar-refractivity contribution >= 4 is 11.8 Å². The molecule has 36 heavy (non-hydrogen) atoms. The first-order chi connectivity index (χ1) is 17.2. The number of nitriles is 1. The van der Waals surface area contributed by atoms with Crippen molar-refractivity contribution in [2.75, 3.05) is 26.7 Å². The Bertz CT molecular complexity index is 1010. The number of piperidine rings is 1. The van der Waals surface area contributed by atoms with E-state index in [0.29, 0.717) is 50.6 Å². The Labute approximate surface area is 211 Å². The smallest absolute Gasteiger partial charge is 0.248 e. The van der Waals surface area contributed by atoms with Crippen LogP contribution in [-0.2, 0) is 16.1 Å². The third-order valence-corrected chi connectivity index (χ3v) is 8.89. The zero-order valence-corrected chi connectivity index (χ0v) is 20.9. The molecule has 4 fully saturated rings. The average Bonchev–Trinajstić information content (AvgIpc) is 3.28. The molecular weight excluding hydrogens is 464 g/mol. The summed E-state index contributed by atoms with van der Waals surface area (Å²) in [5, 5.41) is 12.4. The number of likely N-dealkylation sites (N-methyl/N-ethyl adjacent to an activating group) is 1. The maximum Gasteiger partial charge on any atom is 0.248 e. The van der Waals surface area contributed by atoms with Crippen LogP contribution >= 0.6 is 0 Å². The molecule has 1 saturated carbocycles. The van der Waals surface area contributed by atoms with Crippen LogP contribution in [0.15, 0.2) is 24.3 Å². The highest BCUT2D eigenvalue weighted by molar-refractivity contribution is 5.92. The van der Waals surface area contributed by atoms with Gasteiger partial charge in [-0.05, 0) is 56.8 Å². The van der Waals surface area contributed by atoms with Crippen LogP contribution in [0.3, 0.4) is 0 Å². The molecule has 0 bridgehead atoms. The van der Waals surface area contributed by atoms with E-state index < -0.39 is 17.5 Å². The summed E-state index contributed by atoms with van der Waals surface area (Å²) in [5.74, 6) is -2.63. The normalized spacial score (nSPS) is 28.6. The molecule has 5 rings (SSSR count). The molecule has 9 heteroatoms. The number of hydrogen-bond donors (Lipinski definition) is 1. The minimum absolute atomic E-state index is 0.0135. The van der Waals surface area contributed by atoms with Crippen LogP contribution in [0.4, 0.5) is 8.78 Å². The molecule has 3 aliphatic heterocycles. The Morgan fingerprint density at radius 2 is 1.86 bits per heavy atom. The lowest BCUT2D eigenvalue weighted by Crippen LogP contribution is -2.56. The molecular formula is C27H35F2N5O2. The molecule has 0 radical (unpaired) electrons. The molecule has 2 atom stereocenters. The number of benzene rings is 1. The predicted octanol–water partition coefficient (Wildman–Crippen LogP) is 2.89. The standard InChI is InChI=1S/C27H35F2N5O2/c1-32(21-5-7-27(28,29)8-6-21)22-14-23-25(36)31-26(15-24(35)34(23)18-22)9-11-33(12-10-26)17-20-4-2-3-19(13-20)16-30/h2-4,13,21-23H,5-12,14-15,17-18H2,1H3,(H,31,36)/t22-,23-/m0/s1. The molecule has 1 aromatic carbocycles. The first kappa shape index (κ1) is 25.1. The van der Waals surface area contributed by atoms with Gasteiger partial charge in [0.2, 0.25) is 17.7 Å². The van der Waals surface area contributed by atoms with Gasteiger partial charge in [0, 0.05) is 51.1 Å². The number of fused-ring (bicyclic) bond motifs is 1. The monoisotopic (exact) mass is 499 g/mol. The number of alkyl halides is 2. The Morgan fingerprint density at radius 1 is 1.14 bits per heavy atom. The summed E-state index contributed by atoms with van der Waals surface area (Å²) < 4.78 is 27.2. The zero-order chi connectivity index (χ0) is 25.5. The van der Waals surface area contributed by atoms with Gasteiger partial charge in [0.25, 0.3) is 0 Å². The summed E-state index contributed by atoms with van der Waals surface area (Å²) >= 11 is 0. The molecule has 2 amide bonds. The van der Waals surface area contributed by atoms with Crippen molar-refractivity contribution < 1.29 is 18.4 Å². The molecule has 3 heterocycles. The number of carbonyl (C=O) groups is 2. The summed E-state index contributed by atoms with van der Waals surface area (Å²) in [6, 6.07) is 9.39. The molecule has 4 aliphatic rings. The van der Waals surface area contributed by atoms with E-state index in [1.54, 1.807) is 11.0 Å². The fraction of sp³-hybridized carbons (Fsp3) is 0.667. The largest absolute Gasteiger partial charge is 0.348 e. The Balaban J connectivity index is 1.18. The van der Waals surface area contributed by atoms with E-state index in [4.69, 9.17) is 5.26 Å². The first-order valence-corrected chi connectivity index (χ1v) is 13.1. The summed E-state index contributed by atoms with van der Waals surface area (Å²) in [6.07, 6.45) is 2.99. The van der Waals surface area contributed by atoms with Crippen molar-refractivity contribution in [1.82, 2.24) is 20.0 Å². The van der Waals surface area contributed by atoms with Crippen molar-refractivity contribution in [3.05, 3.63) is 35.4 Å². The number of nitrogens with zero attached hydrogens (tertiary/aromatic N) is 4. The fourth-order valence-corrected chi connectivity index (χ4v) is 6.58. The van der Waals surface area contributed by atoms with Crippen molar-refractivity contribution in [1.29, 1.82) is 5.26 Å². The van der Waals surface area contributed by atoms with E-state index in [0.717, 1.165) is 25.2 Å².